The van der Waals surface area contributed by atoms with E-state index in [4.69, 9.17) is 9.84 Å². The summed E-state index contributed by atoms with van der Waals surface area (Å²) in [6.45, 7) is 0.504. The van der Waals surface area contributed by atoms with Crippen molar-refractivity contribution in [1.29, 1.82) is 0 Å². The fourth-order valence-corrected chi connectivity index (χ4v) is 3.60. The Hall–Kier alpha value is -1.88. The van der Waals surface area contributed by atoms with Gasteiger partial charge in [-0.3, -0.25) is 9.59 Å². The first-order valence-electron chi connectivity index (χ1n) is 8.14. The molecule has 0 spiro atoms. The van der Waals surface area contributed by atoms with Crippen molar-refractivity contribution in [3.05, 3.63) is 35.9 Å². The van der Waals surface area contributed by atoms with Gasteiger partial charge in [0.25, 0.3) is 0 Å². The van der Waals surface area contributed by atoms with Gasteiger partial charge in [-0.15, -0.1) is 0 Å². The molecule has 5 nitrogen and oxygen atoms in total. The first kappa shape index (κ1) is 16.0. The van der Waals surface area contributed by atoms with E-state index in [-0.39, 0.29) is 29.9 Å². The van der Waals surface area contributed by atoms with Crippen molar-refractivity contribution in [2.24, 2.45) is 5.41 Å². The summed E-state index contributed by atoms with van der Waals surface area (Å²) >= 11 is 0. The molecule has 1 amide bonds. The fraction of sp³-hybridized carbons (Fsp3) is 0.556. The molecular weight excluding hydrogens is 294 g/mol. The molecule has 1 saturated carbocycles. The summed E-state index contributed by atoms with van der Waals surface area (Å²) in [6, 6.07) is 9.78. The van der Waals surface area contributed by atoms with E-state index in [1.54, 1.807) is 12.0 Å². The third kappa shape index (κ3) is 3.39. The minimum Gasteiger partial charge on any atom is -0.481 e. The summed E-state index contributed by atoms with van der Waals surface area (Å²) in [5, 5.41) is 9.11. The highest BCUT2D eigenvalue weighted by Crippen LogP contribution is 2.51. The molecule has 124 valence electrons. The Bertz CT molecular complexity index is 582. The molecular formula is C18H23NO4. The molecule has 1 aliphatic heterocycles. The molecule has 1 aromatic carbocycles. The van der Waals surface area contributed by atoms with Crippen LogP contribution in [0, 0.1) is 5.41 Å². The maximum atomic E-state index is 13.1. The van der Waals surface area contributed by atoms with Crippen LogP contribution in [0.1, 0.15) is 31.2 Å². The SMILES string of the molecule is COC1CC(CC(=O)O)N(C(=O)C2(Cc3ccccc3)CC2)C1. The number of carboxylic acids is 1. The molecule has 5 heteroatoms. The average Bonchev–Trinajstić information content (AvgIpc) is 3.20. The van der Waals surface area contributed by atoms with Crippen LogP contribution >= 0.6 is 0 Å². The number of carbonyl (C=O) groups is 2. The summed E-state index contributed by atoms with van der Waals surface area (Å²) in [5.74, 6) is -0.760. The Morgan fingerprint density at radius 3 is 2.57 bits per heavy atom. The van der Waals surface area contributed by atoms with Gasteiger partial charge < -0.3 is 14.7 Å². The Balaban J connectivity index is 1.74. The van der Waals surface area contributed by atoms with E-state index < -0.39 is 5.97 Å². The van der Waals surface area contributed by atoms with Crippen LogP contribution in [-0.2, 0) is 20.7 Å². The van der Waals surface area contributed by atoms with Gasteiger partial charge in [-0.05, 0) is 31.2 Å². The zero-order valence-electron chi connectivity index (χ0n) is 13.4. The minimum atomic E-state index is -0.863. The number of likely N-dealkylation sites (tertiary alicyclic amines) is 1. The standard InChI is InChI=1S/C18H23NO4/c1-23-15-9-14(10-16(20)21)19(12-15)17(22)18(7-8-18)11-13-5-3-2-4-6-13/h2-6,14-15H,7-12H2,1H3,(H,20,21). The number of methoxy groups -OCH3 is 1. The molecule has 0 radical (unpaired) electrons. The van der Waals surface area contributed by atoms with E-state index in [1.165, 1.54) is 0 Å². The summed E-state index contributed by atoms with van der Waals surface area (Å²) < 4.78 is 5.37. The van der Waals surface area contributed by atoms with Crippen molar-refractivity contribution in [3.8, 4) is 0 Å². The van der Waals surface area contributed by atoms with E-state index in [0.29, 0.717) is 13.0 Å². The van der Waals surface area contributed by atoms with Gasteiger partial charge in [-0.1, -0.05) is 30.3 Å². The number of carbonyl (C=O) groups excluding carboxylic acids is 1. The van der Waals surface area contributed by atoms with Gasteiger partial charge in [0.1, 0.15) is 0 Å². The maximum absolute atomic E-state index is 13.1. The van der Waals surface area contributed by atoms with E-state index >= 15 is 0 Å². The number of nitrogens with zero attached hydrogens (tertiary/aromatic N) is 1. The molecule has 1 heterocycles. The topological polar surface area (TPSA) is 66.8 Å². The van der Waals surface area contributed by atoms with Crippen LogP contribution < -0.4 is 0 Å². The molecule has 1 aliphatic carbocycles. The molecule has 23 heavy (non-hydrogen) atoms. The van der Waals surface area contributed by atoms with Crippen LogP contribution in [0.3, 0.4) is 0 Å². The zero-order valence-corrected chi connectivity index (χ0v) is 13.4. The lowest BCUT2D eigenvalue weighted by Crippen LogP contribution is -2.42. The van der Waals surface area contributed by atoms with Crippen LogP contribution in [0.25, 0.3) is 0 Å². The average molecular weight is 317 g/mol. The number of rotatable bonds is 6. The van der Waals surface area contributed by atoms with Gasteiger partial charge in [-0.2, -0.15) is 0 Å². The second-order valence-electron chi connectivity index (χ2n) is 6.75. The van der Waals surface area contributed by atoms with E-state index in [1.807, 2.05) is 30.3 Å². The monoisotopic (exact) mass is 317 g/mol. The van der Waals surface area contributed by atoms with Crippen LogP contribution in [0.4, 0.5) is 0 Å². The number of ether oxygens (including phenoxy) is 1. The highest BCUT2D eigenvalue weighted by molar-refractivity contribution is 5.86. The van der Waals surface area contributed by atoms with Crippen LogP contribution in [0.2, 0.25) is 0 Å². The number of aliphatic carboxylic acids is 1. The lowest BCUT2D eigenvalue weighted by molar-refractivity contribution is -0.142. The molecule has 0 bridgehead atoms. The predicted molar refractivity (Wildman–Crippen MR) is 85.0 cm³/mol. The van der Waals surface area contributed by atoms with E-state index in [9.17, 15) is 9.59 Å². The van der Waals surface area contributed by atoms with Crippen molar-refractivity contribution < 1.29 is 19.4 Å². The van der Waals surface area contributed by atoms with Gasteiger partial charge in [-0.25, -0.2) is 0 Å². The van der Waals surface area contributed by atoms with Crippen molar-refractivity contribution in [3.63, 3.8) is 0 Å². The number of benzene rings is 1. The third-order valence-electron chi connectivity index (χ3n) is 5.07. The van der Waals surface area contributed by atoms with Crippen LogP contribution in [-0.4, -0.2) is 47.7 Å². The smallest absolute Gasteiger partial charge is 0.305 e. The molecule has 1 aromatic rings. The Labute approximate surface area is 136 Å². The van der Waals surface area contributed by atoms with Gasteiger partial charge in [0.05, 0.1) is 17.9 Å². The van der Waals surface area contributed by atoms with Gasteiger partial charge in [0, 0.05) is 19.7 Å². The van der Waals surface area contributed by atoms with Gasteiger partial charge in [0.2, 0.25) is 5.91 Å². The van der Waals surface area contributed by atoms with Crippen LogP contribution in [0.5, 0.6) is 0 Å². The van der Waals surface area contributed by atoms with E-state index in [2.05, 4.69) is 0 Å². The quantitative estimate of drug-likeness (QED) is 0.872. The molecule has 0 aromatic heterocycles. The van der Waals surface area contributed by atoms with Crippen molar-refractivity contribution in [2.75, 3.05) is 13.7 Å². The van der Waals surface area contributed by atoms with Crippen molar-refractivity contribution in [1.82, 2.24) is 4.90 Å². The Morgan fingerprint density at radius 1 is 1.30 bits per heavy atom. The molecule has 2 fully saturated rings. The molecule has 1 saturated heterocycles. The van der Waals surface area contributed by atoms with Crippen molar-refractivity contribution in [2.45, 2.75) is 44.2 Å². The second-order valence-corrected chi connectivity index (χ2v) is 6.75. The summed E-state index contributed by atoms with van der Waals surface area (Å²) in [6.07, 6.45) is 3.04. The number of amides is 1. The second kappa shape index (κ2) is 6.32. The highest BCUT2D eigenvalue weighted by Gasteiger charge is 2.54. The van der Waals surface area contributed by atoms with Crippen LogP contribution in [0.15, 0.2) is 30.3 Å². The largest absolute Gasteiger partial charge is 0.481 e. The minimum absolute atomic E-state index is 0.00693. The molecule has 2 unspecified atom stereocenters. The lowest BCUT2D eigenvalue weighted by Gasteiger charge is -2.28. The molecule has 3 rings (SSSR count). The first-order valence-corrected chi connectivity index (χ1v) is 8.14. The Kier molecular flexibility index (Phi) is 4.39. The lowest BCUT2D eigenvalue weighted by atomic mass is 9.94. The van der Waals surface area contributed by atoms with E-state index in [0.717, 1.165) is 24.8 Å². The maximum Gasteiger partial charge on any atom is 0.305 e. The summed E-state index contributed by atoms with van der Waals surface area (Å²) in [7, 11) is 1.62. The Morgan fingerprint density at radius 2 is 2.00 bits per heavy atom. The fourth-order valence-electron chi connectivity index (χ4n) is 3.60. The van der Waals surface area contributed by atoms with Gasteiger partial charge >= 0.3 is 5.97 Å². The molecule has 2 aliphatic rings. The zero-order chi connectivity index (χ0) is 16.4. The summed E-state index contributed by atoms with van der Waals surface area (Å²) in [5.41, 5.74) is 0.830. The number of hydrogen-bond donors (Lipinski definition) is 1. The summed E-state index contributed by atoms with van der Waals surface area (Å²) in [4.78, 5) is 25.9. The normalized spacial score (nSPS) is 25.3. The first-order chi connectivity index (χ1) is 11.0. The number of hydrogen-bond acceptors (Lipinski definition) is 3. The third-order valence-corrected chi connectivity index (χ3v) is 5.07. The molecule has 2 atom stereocenters. The predicted octanol–water partition coefficient (Wildman–Crippen LogP) is 2.10. The highest BCUT2D eigenvalue weighted by atomic mass is 16.5. The van der Waals surface area contributed by atoms with Crippen molar-refractivity contribution >= 4 is 11.9 Å². The number of carboxylic acid groups (broad SMARTS) is 1. The van der Waals surface area contributed by atoms with Gasteiger partial charge in [0.15, 0.2) is 0 Å². The molecule has 1 N–H and O–H groups in total.